The van der Waals surface area contributed by atoms with Crippen LogP contribution in [0.2, 0.25) is 0 Å². The highest BCUT2D eigenvalue weighted by atomic mass is 16.5. The quantitative estimate of drug-likeness (QED) is 0.163. The number of aromatic nitrogens is 1. The van der Waals surface area contributed by atoms with E-state index in [1.165, 1.54) is 37.0 Å². The molecule has 0 radical (unpaired) electrons. The first-order chi connectivity index (χ1) is 18.4. The predicted octanol–water partition coefficient (Wildman–Crippen LogP) is 6.59. The van der Waals surface area contributed by atoms with Gasteiger partial charge in [-0.15, -0.1) is 0 Å². The number of aromatic carboxylic acids is 1. The monoisotopic (exact) mass is 517 g/mol. The topological polar surface area (TPSA) is 106 Å². The lowest BCUT2D eigenvalue weighted by molar-refractivity contribution is -0.131. The van der Waals surface area contributed by atoms with Crippen LogP contribution in [0, 0.1) is 0 Å². The van der Waals surface area contributed by atoms with Crippen LogP contribution in [0.4, 0.5) is 0 Å². The summed E-state index contributed by atoms with van der Waals surface area (Å²) in [5, 5.41) is 18.2. The van der Waals surface area contributed by atoms with E-state index >= 15 is 0 Å². The number of hydrogen-bond acceptors (Lipinski definition) is 5. The standard InChI is InChI=1S/C31H35NO6/c1-37-27-16-13-23(14-17-27)9-6-4-2-3-5-7-11-25-15-19-29(32-28(25)18-20-30(33)34)38-22-24-10-8-12-26(21-24)31(35)36/h8,10,12-21H,2-7,9,11,22H2,1H3,(H,33,34)(H,35,36). The van der Waals surface area contributed by atoms with Gasteiger partial charge >= 0.3 is 11.9 Å². The molecule has 0 fully saturated rings. The van der Waals surface area contributed by atoms with Crippen molar-refractivity contribution < 1.29 is 29.3 Å². The lowest BCUT2D eigenvalue weighted by Gasteiger charge is -2.10. The van der Waals surface area contributed by atoms with Gasteiger partial charge in [-0.2, -0.15) is 0 Å². The number of benzene rings is 2. The van der Waals surface area contributed by atoms with E-state index in [9.17, 15) is 9.59 Å². The maximum atomic E-state index is 11.2. The van der Waals surface area contributed by atoms with Crippen molar-refractivity contribution in [2.45, 2.75) is 58.0 Å². The summed E-state index contributed by atoms with van der Waals surface area (Å²) in [6.07, 6.45) is 11.3. The summed E-state index contributed by atoms with van der Waals surface area (Å²) < 4.78 is 11.0. The summed E-state index contributed by atoms with van der Waals surface area (Å²) >= 11 is 0. The van der Waals surface area contributed by atoms with Gasteiger partial charge in [0.05, 0.1) is 18.4 Å². The highest BCUT2D eigenvalue weighted by Gasteiger charge is 2.08. The molecule has 2 aromatic carbocycles. The van der Waals surface area contributed by atoms with Crippen molar-refractivity contribution >= 4 is 18.0 Å². The van der Waals surface area contributed by atoms with Gasteiger partial charge in [-0.1, -0.05) is 56.0 Å². The van der Waals surface area contributed by atoms with E-state index in [1.54, 1.807) is 31.4 Å². The number of carboxylic acid groups (broad SMARTS) is 2. The van der Waals surface area contributed by atoms with Gasteiger partial charge < -0.3 is 19.7 Å². The number of nitrogens with zero attached hydrogens (tertiary/aromatic N) is 1. The summed E-state index contributed by atoms with van der Waals surface area (Å²) in [5.74, 6) is -0.791. The van der Waals surface area contributed by atoms with Crippen molar-refractivity contribution in [3.63, 3.8) is 0 Å². The van der Waals surface area contributed by atoms with Gasteiger partial charge in [0.1, 0.15) is 12.4 Å². The predicted molar refractivity (Wildman–Crippen MR) is 147 cm³/mol. The van der Waals surface area contributed by atoms with Crippen molar-refractivity contribution in [1.29, 1.82) is 0 Å². The summed E-state index contributed by atoms with van der Waals surface area (Å²) in [6, 6.07) is 18.5. The van der Waals surface area contributed by atoms with Crippen molar-refractivity contribution in [2.75, 3.05) is 7.11 Å². The third-order valence-electron chi connectivity index (χ3n) is 6.25. The maximum Gasteiger partial charge on any atom is 0.335 e. The average Bonchev–Trinajstić information content (AvgIpc) is 2.93. The Morgan fingerprint density at radius 3 is 2.24 bits per heavy atom. The average molecular weight is 518 g/mol. The van der Waals surface area contributed by atoms with Crippen LogP contribution < -0.4 is 9.47 Å². The first-order valence-electron chi connectivity index (χ1n) is 12.9. The summed E-state index contributed by atoms with van der Waals surface area (Å²) in [7, 11) is 1.68. The van der Waals surface area contributed by atoms with Crippen LogP contribution in [0.25, 0.3) is 6.08 Å². The van der Waals surface area contributed by atoms with Gasteiger partial charge in [-0.05, 0) is 72.7 Å². The first kappa shape index (κ1) is 28.4. The van der Waals surface area contributed by atoms with Gasteiger partial charge in [0, 0.05) is 12.1 Å². The number of carbonyl (C=O) groups is 2. The number of unbranched alkanes of at least 4 members (excludes halogenated alkanes) is 5. The van der Waals surface area contributed by atoms with Gasteiger partial charge in [0.2, 0.25) is 5.88 Å². The fourth-order valence-corrected chi connectivity index (χ4v) is 4.17. The minimum Gasteiger partial charge on any atom is -0.497 e. The number of aryl methyl sites for hydroxylation is 2. The minimum absolute atomic E-state index is 0.161. The second-order valence-corrected chi connectivity index (χ2v) is 9.13. The highest BCUT2D eigenvalue weighted by molar-refractivity contribution is 5.87. The van der Waals surface area contributed by atoms with Crippen molar-refractivity contribution in [3.8, 4) is 11.6 Å². The zero-order valence-electron chi connectivity index (χ0n) is 21.8. The van der Waals surface area contributed by atoms with E-state index in [0.717, 1.165) is 49.5 Å². The molecule has 200 valence electrons. The largest absolute Gasteiger partial charge is 0.497 e. The Morgan fingerprint density at radius 2 is 1.55 bits per heavy atom. The molecule has 7 nitrogen and oxygen atoms in total. The van der Waals surface area contributed by atoms with Crippen LogP contribution in [0.1, 0.15) is 71.3 Å². The molecule has 3 aromatic rings. The molecule has 0 aliphatic rings. The first-order valence-corrected chi connectivity index (χ1v) is 12.9. The number of carboxylic acids is 2. The smallest absolute Gasteiger partial charge is 0.335 e. The van der Waals surface area contributed by atoms with Gasteiger partial charge in [-0.3, -0.25) is 0 Å². The Bertz CT molecular complexity index is 1220. The fraction of sp³-hybridized carbons (Fsp3) is 0.323. The van der Waals surface area contributed by atoms with E-state index < -0.39 is 11.9 Å². The fourth-order valence-electron chi connectivity index (χ4n) is 4.17. The zero-order chi connectivity index (χ0) is 27.2. The molecule has 0 saturated carbocycles. The molecule has 0 atom stereocenters. The molecule has 2 N–H and O–H groups in total. The summed E-state index contributed by atoms with van der Waals surface area (Å²) in [6.45, 7) is 0.161. The number of ether oxygens (including phenoxy) is 2. The van der Waals surface area contributed by atoms with E-state index in [-0.39, 0.29) is 12.2 Å². The van der Waals surface area contributed by atoms with E-state index in [0.29, 0.717) is 17.1 Å². The summed E-state index contributed by atoms with van der Waals surface area (Å²) in [4.78, 5) is 26.7. The number of methoxy groups -OCH3 is 1. The molecule has 7 heteroatoms. The van der Waals surface area contributed by atoms with Gasteiger partial charge in [-0.25, -0.2) is 14.6 Å². The molecule has 38 heavy (non-hydrogen) atoms. The molecule has 1 heterocycles. The highest BCUT2D eigenvalue weighted by Crippen LogP contribution is 2.20. The Hall–Kier alpha value is -4.13. The summed E-state index contributed by atoms with van der Waals surface area (Å²) in [5.41, 5.74) is 3.78. The molecule has 0 spiro atoms. The second kappa shape index (κ2) is 15.2. The lowest BCUT2D eigenvalue weighted by atomic mass is 10.0. The van der Waals surface area contributed by atoms with Crippen LogP contribution in [0.5, 0.6) is 11.6 Å². The van der Waals surface area contributed by atoms with Crippen LogP contribution in [-0.4, -0.2) is 34.2 Å². The third-order valence-corrected chi connectivity index (χ3v) is 6.25. The van der Waals surface area contributed by atoms with Gasteiger partial charge in [0.25, 0.3) is 0 Å². The normalized spacial score (nSPS) is 11.0. The molecule has 0 bridgehead atoms. The molecular formula is C31H35NO6. The number of rotatable bonds is 16. The van der Waals surface area contributed by atoms with Crippen LogP contribution in [0.15, 0.2) is 66.7 Å². The minimum atomic E-state index is -1.04. The Balaban J connectivity index is 1.45. The molecule has 3 rings (SSSR count). The SMILES string of the molecule is COc1ccc(CCCCCCCCc2ccc(OCc3cccc(C(=O)O)c3)nc2C=CC(=O)O)cc1. The van der Waals surface area contributed by atoms with Gasteiger partial charge in [0.15, 0.2) is 0 Å². The van der Waals surface area contributed by atoms with Crippen molar-refractivity contribution in [1.82, 2.24) is 4.98 Å². The number of hydrogen-bond donors (Lipinski definition) is 2. The maximum absolute atomic E-state index is 11.2. The Labute approximate surface area is 223 Å². The molecule has 1 aromatic heterocycles. The number of aliphatic carboxylic acids is 1. The molecular weight excluding hydrogens is 482 g/mol. The Kier molecular flexibility index (Phi) is 11.4. The third kappa shape index (κ3) is 9.73. The zero-order valence-corrected chi connectivity index (χ0v) is 21.8. The molecule has 0 aliphatic carbocycles. The van der Waals surface area contributed by atoms with Crippen LogP contribution >= 0.6 is 0 Å². The Morgan fingerprint density at radius 1 is 0.842 bits per heavy atom. The van der Waals surface area contributed by atoms with Crippen molar-refractivity contribution in [3.05, 3.63) is 94.7 Å². The van der Waals surface area contributed by atoms with E-state index in [1.807, 2.05) is 18.2 Å². The molecule has 0 unspecified atom stereocenters. The molecule has 0 saturated heterocycles. The lowest BCUT2D eigenvalue weighted by Crippen LogP contribution is -2.03. The molecule has 0 amide bonds. The van der Waals surface area contributed by atoms with Crippen LogP contribution in [0.3, 0.4) is 0 Å². The second-order valence-electron chi connectivity index (χ2n) is 9.13. The van der Waals surface area contributed by atoms with Crippen molar-refractivity contribution in [2.24, 2.45) is 0 Å². The molecule has 0 aliphatic heterocycles. The van der Waals surface area contributed by atoms with Crippen LogP contribution in [-0.2, 0) is 24.2 Å². The van der Waals surface area contributed by atoms with E-state index in [2.05, 4.69) is 17.1 Å². The number of pyridine rings is 1. The van der Waals surface area contributed by atoms with E-state index in [4.69, 9.17) is 19.7 Å².